The summed E-state index contributed by atoms with van der Waals surface area (Å²) < 4.78 is 0. The van der Waals surface area contributed by atoms with E-state index >= 15 is 0 Å². The summed E-state index contributed by atoms with van der Waals surface area (Å²) in [5, 5.41) is 2.79. The van der Waals surface area contributed by atoms with E-state index in [1.807, 2.05) is 20.8 Å². The van der Waals surface area contributed by atoms with Gasteiger partial charge in [-0.15, -0.1) is 0 Å². The average Bonchev–Trinajstić information content (AvgIpc) is 2.14. The van der Waals surface area contributed by atoms with Gasteiger partial charge in [-0.25, -0.2) is 0 Å². The van der Waals surface area contributed by atoms with E-state index in [9.17, 15) is 9.59 Å². The van der Waals surface area contributed by atoms with Crippen molar-refractivity contribution in [1.29, 1.82) is 0 Å². The van der Waals surface area contributed by atoms with Gasteiger partial charge in [0.15, 0.2) is 0 Å². The van der Waals surface area contributed by atoms with E-state index in [0.717, 1.165) is 6.42 Å². The number of rotatable bonds is 6. The van der Waals surface area contributed by atoms with Crippen LogP contribution in [0.5, 0.6) is 0 Å². The molecule has 4 heteroatoms. The molecule has 0 heterocycles. The predicted molar refractivity (Wildman–Crippen MR) is 60.4 cm³/mol. The smallest absolute Gasteiger partial charge is 0.239 e. The van der Waals surface area contributed by atoms with Crippen LogP contribution in [-0.2, 0) is 9.59 Å². The van der Waals surface area contributed by atoms with Crippen LogP contribution in [-0.4, -0.2) is 36.3 Å². The van der Waals surface area contributed by atoms with E-state index in [4.69, 9.17) is 0 Å². The molecule has 0 saturated carbocycles. The topological polar surface area (TPSA) is 49.4 Å². The highest BCUT2D eigenvalue weighted by molar-refractivity contribution is 5.83. The molecular weight excluding hydrogens is 192 g/mol. The minimum Gasteiger partial charge on any atom is -0.354 e. The minimum atomic E-state index is -0.0765. The van der Waals surface area contributed by atoms with Crippen LogP contribution in [0.25, 0.3) is 0 Å². The Kier molecular flexibility index (Phi) is 6.75. The van der Waals surface area contributed by atoms with E-state index in [2.05, 4.69) is 5.32 Å². The van der Waals surface area contributed by atoms with Crippen molar-refractivity contribution in [2.75, 3.05) is 19.6 Å². The Labute approximate surface area is 92.0 Å². The summed E-state index contributed by atoms with van der Waals surface area (Å²) in [6, 6.07) is 0. The van der Waals surface area contributed by atoms with Gasteiger partial charge in [0.1, 0.15) is 0 Å². The predicted octanol–water partition coefficient (Wildman–Crippen LogP) is 1.02. The highest BCUT2D eigenvalue weighted by atomic mass is 16.2. The first kappa shape index (κ1) is 13.9. The summed E-state index contributed by atoms with van der Waals surface area (Å²) in [5.41, 5.74) is 0. The van der Waals surface area contributed by atoms with Crippen molar-refractivity contribution in [3.63, 3.8) is 0 Å². The van der Waals surface area contributed by atoms with Crippen molar-refractivity contribution in [2.45, 2.75) is 34.1 Å². The molecule has 0 aromatic heterocycles. The van der Waals surface area contributed by atoms with Crippen LogP contribution in [0.1, 0.15) is 34.1 Å². The maximum Gasteiger partial charge on any atom is 0.239 e. The van der Waals surface area contributed by atoms with Gasteiger partial charge in [0.2, 0.25) is 11.8 Å². The Hall–Kier alpha value is -1.06. The summed E-state index contributed by atoms with van der Waals surface area (Å²) in [6.45, 7) is 9.04. The van der Waals surface area contributed by atoms with Crippen molar-refractivity contribution in [3.8, 4) is 0 Å². The Bertz CT molecular complexity index is 215. The summed E-state index contributed by atoms with van der Waals surface area (Å²) >= 11 is 0. The molecule has 0 aliphatic rings. The molecule has 1 N–H and O–H groups in total. The van der Waals surface area contributed by atoms with Gasteiger partial charge in [-0.2, -0.15) is 0 Å². The van der Waals surface area contributed by atoms with Gasteiger partial charge in [-0.3, -0.25) is 9.59 Å². The molecule has 0 unspecified atom stereocenters. The van der Waals surface area contributed by atoms with Crippen molar-refractivity contribution in [2.24, 2.45) is 5.92 Å². The van der Waals surface area contributed by atoms with Gasteiger partial charge in [-0.05, 0) is 12.3 Å². The lowest BCUT2D eigenvalue weighted by Gasteiger charge is -2.19. The molecule has 0 aromatic carbocycles. The lowest BCUT2D eigenvalue weighted by Crippen LogP contribution is -2.41. The molecule has 0 bridgehead atoms. The third-order valence-corrected chi connectivity index (χ3v) is 1.98. The van der Waals surface area contributed by atoms with E-state index in [-0.39, 0.29) is 18.4 Å². The highest BCUT2D eigenvalue weighted by Crippen LogP contribution is 1.93. The second-order valence-corrected chi connectivity index (χ2v) is 4.14. The molecule has 2 amide bonds. The Morgan fingerprint density at radius 1 is 1.33 bits per heavy atom. The van der Waals surface area contributed by atoms with Crippen molar-refractivity contribution in [3.05, 3.63) is 0 Å². The van der Waals surface area contributed by atoms with Crippen LogP contribution in [0, 0.1) is 5.92 Å². The first-order valence-corrected chi connectivity index (χ1v) is 5.49. The molecule has 0 atom stereocenters. The van der Waals surface area contributed by atoms with Gasteiger partial charge in [0.25, 0.3) is 0 Å². The normalized spacial score (nSPS) is 10.2. The molecule has 0 aliphatic heterocycles. The largest absolute Gasteiger partial charge is 0.354 e. The van der Waals surface area contributed by atoms with Gasteiger partial charge in [0, 0.05) is 20.0 Å². The third-order valence-electron chi connectivity index (χ3n) is 1.98. The fourth-order valence-corrected chi connectivity index (χ4v) is 1.16. The van der Waals surface area contributed by atoms with Crippen LogP contribution in [0.15, 0.2) is 0 Å². The van der Waals surface area contributed by atoms with E-state index in [1.165, 1.54) is 6.92 Å². The molecule has 0 aromatic rings. The fourth-order valence-electron chi connectivity index (χ4n) is 1.16. The number of nitrogens with zero attached hydrogens (tertiary/aromatic N) is 1. The van der Waals surface area contributed by atoms with Crippen molar-refractivity contribution >= 4 is 11.8 Å². The number of carbonyl (C=O) groups excluding carboxylic acids is 2. The second-order valence-electron chi connectivity index (χ2n) is 4.14. The molecule has 0 radical (unpaired) electrons. The van der Waals surface area contributed by atoms with Crippen molar-refractivity contribution in [1.82, 2.24) is 10.2 Å². The van der Waals surface area contributed by atoms with Gasteiger partial charge in [0.05, 0.1) is 6.54 Å². The lowest BCUT2D eigenvalue weighted by molar-refractivity contribution is -0.134. The quantitative estimate of drug-likeness (QED) is 0.717. The molecule has 15 heavy (non-hydrogen) atoms. The maximum atomic E-state index is 11.4. The van der Waals surface area contributed by atoms with Crippen LogP contribution >= 0.6 is 0 Å². The summed E-state index contributed by atoms with van der Waals surface area (Å²) in [6.07, 6.45) is 0.872. The van der Waals surface area contributed by atoms with E-state index < -0.39 is 0 Å². The zero-order valence-electron chi connectivity index (χ0n) is 10.2. The van der Waals surface area contributed by atoms with Crippen molar-refractivity contribution < 1.29 is 9.59 Å². The molecule has 88 valence electrons. The van der Waals surface area contributed by atoms with Gasteiger partial charge < -0.3 is 10.2 Å². The monoisotopic (exact) mass is 214 g/mol. The first-order chi connectivity index (χ1) is 6.97. The SMILES string of the molecule is CCCN(CC(=O)NCC(C)C)C(C)=O. The van der Waals surface area contributed by atoms with Gasteiger partial charge >= 0.3 is 0 Å². The maximum absolute atomic E-state index is 11.4. The number of nitrogens with one attached hydrogen (secondary N) is 1. The average molecular weight is 214 g/mol. The molecule has 0 fully saturated rings. The summed E-state index contributed by atoms with van der Waals surface area (Å²) in [4.78, 5) is 24.2. The fraction of sp³-hybridized carbons (Fsp3) is 0.818. The molecule has 0 saturated heterocycles. The van der Waals surface area contributed by atoms with E-state index in [0.29, 0.717) is 19.0 Å². The van der Waals surface area contributed by atoms with E-state index in [1.54, 1.807) is 4.90 Å². The Morgan fingerprint density at radius 2 is 1.93 bits per heavy atom. The second kappa shape index (κ2) is 7.26. The zero-order chi connectivity index (χ0) is 11.8. The molecule has 0 aliphatic carbocycles. The molecular formula is C11H22N2O2. The lowest BCUT2D eigenvalue weighted by atomic mass is 10.2. The van der Waals surface area contributed by atoms with Crippen LogP contribution in [0.3, 0.4) is 0 Å². The van der Waals surface area contributed by atoms with Gasteiger partial charge in [-0.1, -0.05) is 20.8 Å². The molecule has 4 nitrogen and oxygen atoms in total. The highest BCUT2D eigenvalue weighted by Gasteiger charge is 2.12. The number of amides is 2. The summed E-state index contributed by atoms with van der Waals surface area (Å²) in [5.74, 6) is 0.315. The minimum absolute atomic E-state index is 0.0449. The number of carbonyl (C=O) groups is 2. The standard InChI is InChI=1S/C11H22N2O2/c1-5-6-13(10(4)14)8-11(15)12-7-9(2)3/h9H,5-8H2,1-4H3,(H,12,15). The van der Waals surface area contributed by atoms with Crippen LogP contribution in [0.4, 0.5) is 0 Å². The van der Waals surface area contributed by atoms with Crippen LogP contribution in [0.2, 0.25) is 0 Å². The molecule has 0 rings (SSSR count). The first-order valence-electron chi connectivity index (χ1n) is 5.49. The molecule has 0 spiro atoms. The zero-order valence-corrected chi connectivity index (χ0v) is 10.2. The number of hydrogen-bond donors (Lipinski definition) is 1. The Morgan fingerprint density at radius 3 is 2.33 bits per heavy atom. The number of hydrogen-bond acceptors (Lipinski definition) is 2. The summed E-state index contributed by atoms with van der Waals surface area (Å²) in [7, 11) is 0. The van der Waals surface area contributed by atoms with Crippen LogP contribution < -0.4 is 5.32 Å². The Balaban J connectivity index is 3.94. The third kappa shape index (κ3) is 6.94.